The maximum Gasteiger partial charge on any atom is 0.118 e. The highest BCUT2D eigenvalue weighted by atomic mass is 32.2. The molecule has 2 rings (SSSR count). The number of thioether (sulfide) groups is 1. The molecule has 0 amide bonds. The van der Waals surface area contributed by atoms with Crippen molar-refractivity contribution < 1.29 is 9.94 Å². The summed E-state index contributed by atoms with van der Waals surface area (Å²) in [6.45, 7) is 0. The molecule has 1 N–H and O–H groups in total. The Morgan fingerprint density at radius 3 is 2.57 bits per heavy atom. The molecule has 1 heterocycles. The van der Waals surface area contributed by atoms with Crippen LogP contribution in [0.15, 0.2) is 29.7 Å². The Labute approximate surface area is 86.9 Å². The van der Waals surface area contributed by atoms with Crippen molar-refractivity contribution in [1.82, 2.24) is 5.06 Å². The first-order chi connectivity index (χ1) is 6.81. The van der Waals surface area contributed by atoms with Gasteiger partial charge in [0, 0.05) is 5.56 Å². The van der Waals surface area contributed by atoms with E-state index in [9.17, 15) is 5.21 Å². The fourth-order valence-corrected chi connectivity index (χ4v) is 2.07. The number of benzene rings is 1. The summed E-state index contributed by atoms with van der Waals surface area (Å²) in [5.74, 6) is 1.42. The summed E-state index contributed by atoms with van der Waals surface area (Å²) in [6.07, 6.45) is 0. The van der Waals surface area contributed by atoms with Crippen LogP contribution >= 0.6 is 11.8 Å². The van der Waals surface area contributed by atoms with E-state index in [-0.39, 0.29) is 0 Å². The number of rotatable bonds is 2. The molecular weight excluding hydrogens is 198 g/mol. The third-order valence-electron chi connectivity index (χ3n) is 2.06. The third-order valence-corrected chi connectivity index (χ3v) is 2.84. The van der Waals surface area contributed by atoms with Gasteiger partial charge in [-0.3, -0.25) is 5.21 Å². The highest BCUT2D eigenvalue weighted by Gasteiger charge is 2.14. The molecule has 0 aliphatic carbocycles. The third kappa shape index (κ3) is 1.71. The fraction of sp³-hybridized carbons (Fsp3) is 0.200. The molecule has 4 heteroatoms. The predicted molar refractivity (Wildman–Crippen MR) is 57.1 cm³/mol. The van der Waals surface area contributed by atoms with Gasteiger partial charge in [-0.15, -0.1) is 11.8 Å². The number of hydrogen-bond donors (Lipinski definition) is 1. The van der Waals surface area contributed by atoms with E-state index in [1.54, 1.807) is 18.9 Å². The zero-order chi connectivity index (χ0) is 9.97. The van der Waals surface area contributed by atoms with Gasteiger partial charge in [0.2, 0.25) is 0 Å². The summed E-state index contributed by atoms with van der Waals surface area (Å²) < 4.78 is 5.06. The van der Waals surface area contributed by atoms with Crippen molar-refractivity contribution in [2.75, 3.05) is 13.0 Å². The van der Waals surface area contributed by atoms with Gasteiger partial charge in [-0.25, -0.2) is 5.06 Å². The normalized spacial score (nSPS) is 15.6. The topological polar surface area (TPSA) is 32.7 Å². The quantitative estimate of drug-likeness (QED) is 0.810. The van der Waals surface area contributed by atoms with Crippen LogP contribution in [0.3, 0.4) is 0 Å². The zero-order valence-corrected chi connectivity index (χ0v) is 8.62. The van der Waals surface area contributed by atoms with Gasteiger partial charge >= 0.3 is 0 Å². The Bertz CT molecular complexity index is 348. The molecule has 14 heavy (non-hydrogen) atoms. The van der Waals surface area contributed by atoms with Gasteiger partial charge in [0.05, 0.1) is 18.7 Å². The number of hydrogen-bond acceptors (Lipinski definition) is 4. The number of ether oxygens (including phenoxy) is 1. The van der Waals surface area contributed by atoms with Crippen molar-refractivity contribution in [2.45, 2.75) is 0 Å². The van der Waals surface area contributed by atoms with Crippen LogP contribution in [0, 0.1) is 0 Å². The number of nitrogens with zero attached hydrogens (tertiary/aromatic N) is 1. The van der Waals surface area contributed by atoms with Crippen molar-refractivity contribution in [2.24, 2.45) is 0 Å². The van der Waals surface area contributed by atoms with Gasteiger partial charge in [-0.2, -0.15) is 0 Å². The van der Waals surface area contributed by atoms with Gasteiger partial charge in [-0.1, -0.05) is 0 Å². The molecule has 0 spiro atoms. The Hall–Kier alpha value is -1.13. The minimum absolute atomic E-state index is 0.599. The average molecular weight is 209 g/mol. The average Bonchev–Trinajstić information content (AvgIpc) is 2.65. The van der Waals surface area contributed by atoms with E-state index in [2.05, 4.69) is 0 Å². The first-order valence-electron chi connectivity index (χ1n) is 4.24. The lowest BCUT2D eigenvalue weighted by molar-refractivity contribution is -0.00409. The minimum atomic E-state index is 0.599. The summed E-state index contributed by atoms with van der Waals surface area (Å²) in [5.41, 5.74) is 1.84. The maximum atomic E-state index is 9.48. The fourth-order valence-electron chi connectivity index (χ4n) is 1.30. The van der Waals surface area contributed by atoms with Crippen LogP contribution < -0.4 is 4.74 Å². The molecule has 0 bridgehead atoms. The lowest BCUT2D eigenvalue weighted by atomic mass is 10.1. The first kappa shape index (κ1) is 9.43. The largest absolute Gasteiger partial charge is 0.497 e. The van der Waals surface area contributed by atoms with Crippen molar-refractivity contribution in [3.05, 3.63) is 35.2 Å². The van der Waals surface area contributed by atoms with E-state index in [0.717, 1.165) is 17.0 Å². The molecule has 0 radical (unpaired) electrons. The zero-order valence-electron chi connectivity index (χ0n) is 7.80. The van der Waals surface area contributed by atoms with Crippen molar-refractivity contribution in [3.8, 4) is 5.75 Å². The highest BCUT2D eigenvalue weighted by molar-refractivity contribution is 8.02. The summed E-state index contributed by atoms with van der Waals surface area (Å²) >= 11 is 1.58. The van der Waals surface area contributed by atoms with Gasteiger partial charge in [0.1, 0.15) is 5.75 Å². The van der Waals surface area contributed by atoms with Crippen molar-refractivity contribution >= 4 is 17.5 Å². The molecule has 0 aromatic heterocycles. The van der Waals surface area contributed by atoms with E-state index < -0.39 is 0 Å². The maximum absolute atomic E-state index is 9.48. The van der Waals surface area contributed by atoms with Crippen LogP contribution in [0.5, 0.6) is 5.75 Å². The Kier molecular flexibility index (Phi) is 2.65. The lowest BCUT2D eigenvalue weighted by Gasteiger charge is -2.13. The predicted octanol–water partition coefficient (Wildman–Crippen LogP) is 2.39. The molecule has 0 saturated heterocycles. The summed E-state index contributed by atoms with van der Waals surface area (Å²) in [5, 5.41) is 12.7. The van der Waals surface area contributed by atoms with Crippen LogP contribution in [-0.4, -0.2) is 23.3 Å². The van der Waals surface area contributed by atoms with Crippen LogP contribution in [0.1, 0.15) is 5.56 Å². The minimum Gasteiger partial charge on any atom is -0.497 e. The standard InChI is InChI=1S/C10H11NO2S/c1-13-9-4-2-8(3-5-9)10-6-14-7-11(10)12/h2-6,12H,7H2,1H3. The second-order valence-electron chi connectivity index (χ2n) is 2.93. The van der Waals surface area contributed by atoms with Crippen molar-refractivity contribution in [3.63, 3.8) is 0 Å². The SMILES string of the molecule is COc1ccc(C2=CSCN2O)cc1. The lowest BCUT2D eigenvalue weighted by Crippen LogP contribution is -2.11. The van der Waals surface area contributed by atoms with E-state index in [1.807, 2.05) is 29.7 Å². The molecule has 1 aromatic carbocycles. The Morgan fingerprint density at radius 2 is 2.07 bits per heavy atom. The van der Waals surface area contributed by atoms with E-state index >= 15 is 0 Å². The summed E-state index contributed by atoms with van der Waals surface area (Å²) in [6, 6.07) is 7.62. The highest BCUT2D eigenvalue weighted by Crippen LogP contribution is 2.29. The number of hydroxylamine groups is 2. The second-order valence-corrected chi connectivity index (χ2v) is 3.75. The monoisotopic (exact) mass is 209 g/mol. The van der Waals surface area contributed by atoms with E-state index in [4.69, 9.17) is 4.74 Å². The molecule has 0 saturated carbocycles. The molecule has 3 nitrogen and oxygen atoms in total. The molecule has 74 valence electrons. The molecule has 1 aliphatic rings. The van der Waals surface area contributed by atoms with Crippen LogP contribution in [0.4, 0.5) is 0 Å². The molecule has 0 fully saturated rings. The molecular formula is C10H11NO2S. The van der Waals surface area contributed by atoms with Crippen molar-refractivity contribution in [1.29, 1.82) is 0 Å². The number of methoxy groups -OCH3 is 1. The van der Waals surface area contributed by atoms with Gasteiger partial charge < -0.3 is 4.74 Å². The molecule has 0 atom stereocenters. The van der Waals surface area contributed by atoms with Crippen LogP contribution in [-0.2, 0) is 0 Å². The van der Waals surface area contributed by atoms with Gasteiger partial charge in [0.25, 0.3) is 0 Å². The summed E-state index contributed by atoms with van der Waals surface area (Å²) in [7, 11) is 1.64. The van der Waals surface area contributed by atoms with Crippen LogP contribution in [0.25, 0.3) is 5.70 Å². The Morgan fingerprint density at radius 1 is 1.36 bits per heavy atom. The molecule has 1 aliphatic heterocycles. The van der Waals surface area contributed by atoms with Crippen LogP contribution in [0.2, 0.25) is 0 Å². The molecule has 0 unspecified atom stereocenters. The smallest absolute Gasteiger partial charge is 0.118 e. The van der Waals surface area contributed by atoms with E-state index in [0.29, 0.717) is 5.88 Å². The molecule has 1 aromatic rings. The van der Waals surface area contributed by atoms with Gasteiger partial charge in [0.15, 0.2) is 0 Å². The Balaban J connectivity index is 2.24. The van der Waals surface area contributed by atoms with Gasteiger partial charge in [-0.05, 0) is 29.7 Å². The first-order valence-corrected chi connectivity index (χ1v) is 5.29. The van der Waals surface area contributed by atoms with E-state index in [1.165, 1.54) is 5.06 Å². The summed E-state index contributed by atoms with van der Waals surface area (Å²) in [4.78, 5) is 0. The second kappa shape index (κ2) is 3.94.